The van der Waals surface area contributed by atoms with Gasteiger partial charge in [-0.15, -0.1) is 0 Å². The second-order valence-electron chi connectivity index (χ2n) is 4.68. The first-order chi connectivity index (χ1) is 9.74. The lowest BCUT2D eigenvalue weighted by atomic mass is 10.2. The Morgan fingerprint density at radius 1 is 1.20 bits per heavy atom. The van der Waals surface area contributed by atoms with Crippen molar-refractivity contribution in [2.24, 2.45) is 0 Å². The van der Waals surface area contributed by atoms with Gasteiger partial charge in [-0.05, 0) is 37.5 Å². The number of nitrogens with one attached hydrogen (secondary N) is 1. The molecule has 0 atom stereocenters. The van der Waals surface area contributed by atoms with E-state index < -0.39 is 0 Å². The van der Waals surface area contributed by atoms with Gasteiger partial charge in [-0.3, -0.25) is 0 Å². The number of benzene rings is 1. The van der Waals surface area contributed by atoms with Crippen molar-refractivity contribution in [2.45, 2.75) is 33.6 Å². The van der Waals surface area contributed by atoms with Crippen molar-refractivity contribution in [3.63, 3.8) is 0 Å². The molecule has 0 spiro atoms. The van der Waals surface area contributed by atoms with E-state index in [-0.39, 0.29) is 0 Å². The highest BCUT2D eigenvalue weighted by Gasteiger charge is 2.08. The van der Waals surface area contributed by atoms with Gasteiger partial charge in [0.05, 0.1) is 5.56 Å². The van der Waals surface area contributed by atoms with Gasteiger partial charge in [0.25, 0.3) is 0 Å². The first-order valence-corrected chi connectivity index (χ1v) is 7.06. The van der Waals surface area contributed by atoms with Gasteiger partial charge < -0.3 is 10.1 Å². The molecule has 0 saturated carbocycles. The zero-order valence-electron chi connectivity index (χ0n) is 12.3. The van der Waals surface area contributed by atoms with Crippen molar-refractivity contribution in [3.8, 4) is 11.6 Å². The number of ether oxygens (including phenoxy) is 1. The van der Waals surface area contributed by atoms with Crippen LogP contribution in [0.2, 0.25) is 0 Å². The Morgan fingerprint density at radius 2 is 2.05 bits per heavy atom. The molecule has 1 aromatic heterocycles. The Bertz CT molecular complexity index is 569. The van der Waals surface area contributed by atoms with Crippen molar-refractivity contribution in [3.05, 3.63) is 41.7 Å². The van der Waals surface area contributed by atoms with E-state index in [1.54, 1.807) is 0 Å². The van der Waals surface area contributed by atoms with E-state index in [2.05, 4.69) is 35.2 Å². The van der Waals surface area contributed by atoms with Gasteiger partial charge in [-0.25, -0.2) is 9.97 Å². The van der Waals surface area contributed by atoms with Crippen molar-refractivity contribution >= 4 is 5.82 Å². The van der Waals surface area contributed by atoms with Gasteiger partial charge in [-0.1, -0.05) is 26.0 Å². The fraction of sp³-hybridized carbons (Fsp3) is 0.375. The SMILES string of the molecule is CCCNc1ncnc(Oc2cccc(CC)c2)c1C. The van der Waals surface area contributed by atoms with Crippen LogP contribution in [0, 0.1) is 6.92 Å². The van der Waals surface area contributed by atoms with Gasteiger partial charge in [0, 0.05) is 6.54 Å². The van der Waals surface area contributed by atoms with Crippen LogP contribution in [0.1, 0.15) is 31.4 Å². The van der Waals surface area contributed by atoms with Crippen LogP contribution in [0.5, 0.6) is 11.6 Å². The molecule has 0 amide bonds. The second kappa shape index (κ2) is 6.89. The van der Waals surface area contributed by atoms with Gasteiger partial charge in [0.15, 0.2) is 0 Å². The van der Waals surface area contributed by atoms with Crippen LogP contribution in [0.25, 0.3) is 0 Å². The van der Waals surface area contributed by atoms with Crippen LogP contribution >= 0.6 is 0 Å². The van der Waals surface area contributed by atoms with Crippen molar-refractivity contribution in [1.29, 1.82) is 0 Å². The van der Waals surface area contributed by atoms with Crippen LogP contribution in [-0.4, -0.2) is 16.5 Å². The zero-order valence-corrected chi connectivity index (χ0v) is 12.3. The standard InChI is InChI=1S/C16H21N3O/c1-4-9-17-15-12(3)16(19-11-18-15)20-14-8-6-7-13(5-2)10-14/h6-8,10-11H,4-5,9H2,1-3H3,(H,17,18,19). The van der Waals surface area contributed by atoms with E-state index >= 15 is 0 Å². The molecule has 4 heteroatoms. The third-order valence-electron chi connectivity index (χ3n) is 3.10. The number of aromatic nitrogens is 2. The summed E-state index contributed by atoms with van der Waals surface area (Å²) in [4.78, 5) is 8.47. The van der Waals surface area contributed by atoms with Crippen LogP contribution in [0.4, 0.5) is 5.82 Å². The van der Waals surface area contributed by atoms with Crippen LogP contribution in [0.3, 0.4) is 0 Å². The minimum absolute atomic E-state index is 0.604. The van der Waals surface area contributed by atoms with Crippen LogP contribution < -0.4 is 10.1 Å². The van der Waals surface area contributed by atoms with E-state index in [9.17, 15) is 0 Å². The molecule has 1 N–H and O–H groups in total. The molecular formula is C16H21N3O. The van der Waals surface area contributed by atoms with E-state index in [1.165, 1.54) is 11.9 Å². The smallest absolute Gasteiger partial charge is 0.227 e. The summed E-state index contributed by atoms with van der Waals surface area (Å²) in [6.45, 7) is 7.11. The molecule has 4 nitrogen and oxygen atoms in total. The molecule has 0 aliphatic heterocycles. The summed E-state index contributed by atoms with van der Waals surface area (Å²) in [5, 5.41) is 3.28. The Kier molecular flexibility index (Phi) is 4.93. The molecule has 0 unspecified atom stereocenters. The maximum absolute atomic E-state index is 5.88. The highest BCUT2D eigenvalue weighted by Crippen LogP contribution is 2.26. The Morgan fingerprint density at radius 3 is 2.80 bits per heavy atom. The fourth-order valence-electron chi connectivity index (χ4n) is 1.90. The lowest BCUT2D eigenvalue weighted by Gasteiger charge is -2.12. The molecule has 0 saturated heterocycles. The minimum Gasteiger partial charge on any atom is -0.439 e. The molecule has 0 fully saturated rings. The molecule has 2 aromatic rings. The highest BCUT2D eigenvalue weighted by molar-refractivity contribution is 5.48. The Balaban J connectivity index is 2.20. The Labute approximate surface area is 120 Å². The second-order valence-corrected chi connectivity index (χ2v) is 4.68. The topological polar surface area (TPSA) is 47.0 Å². The molecule has 106 valence electrons. The average Bonchev–Trinajstić information content (AvgIpc) is 2.48. The van der Waals surface area contributed by atoms with E-state index in [0.717, 1.165) is 36.5 Å². The van der Waals surface area contributed by atoms with Crippen molar-refractivity contribution in [2.75, 3.05) is 11.9 Å². The number of hydrogen-bond acceptors (Lipinski definition) is 4. The first kappa shape index (κ1) is 14.3. The van der Waals surface area contributed by atoms with E-state index in [0.29, 0.717) is 5.88 Å². The summed E-state index contributed by atoms with van der Waals surface area (Å²) < 4.78 is 5.88. The number of hydrogen-bond donors (Lipinski definition) is 1. The normalized spacial score (nSPS) is 10.3. The maximum atomic E-state index is 5.88. The summed E-state index contributed by atoms with van der Waals surface area (Å²) in [5.74, 6) is 2.25. The molecule has 1 aromatic carbocycles. The average molecular weight is 271 g/mol. The van der Waals surface area contributed by atoms with Gasteiger partial charge >= 0.3 is 0 Å². The number of anilines is 1. The van der Waals surface area contributed by atoms with Gasteiger partial charge in [0.2, 0.25) is 5.88 Å². The lowest BCUT2D eigenvalue weighted by Crippen LogP contribution is -2.05. The molecule has 0 aliphatic rings. The third kappa shape index (κ3) is 3.47. The van der Waals surface area contributed by atoms with E-state index in [1.807, 2.05) is 25.1 Å². The zero-order chi connectivity index (χ0) is 14.4. The van der Waals surface area contributed by atoms with Crippen molar-refractivity contribution < 1.29 is 4.74 Å². The Hall–Kier alpha value is -2.10. The summed E-state index contributed by atoms with van der Waals surface area (Å²) in [6, 6.07) is 8.08. The first-order valence-electron chi connectivity index (χ1n) is 7.06. The molecular weight excluding hydrogens is 250 g/mol. The summed E-state index contributed by atoms with van der Waals surface area (Å²) in [5.41, 5.74) is 2.18. The molecule has 0 aliphatic carbocycles. The number of aryl methyl sites for hydroxylation is 1. The monoisotopic (exact) mass is 271 g/mol. The lowest BCUT2D eigenvalue weighted by molar-refractivity contribution is 0.457. The van der Waals surface area contributed by atoms with Gasteiger partial charge in [-0.2, -0.15) is 0 Å². The number of nitrogens with zero attached hydrogens (tertiary/aromatic N) is 2. The van der Waals surface area contributed by atoms with Crippen molar-refractivity contribution in [1.82, 2.24) is 9.97 Å². The maximum Gasteiger partial charge on any atom is 0.227 e. The molecule has 0 bridgehead atoms. The highest BCUT2D eigenvalue weighted by atomic mass is 16.5. The minimum atomic E-state index is 0.604. The fourth-order valence-corrected chi connectivity index (χ4v) is 1.90. The van der Waals surface area contributed by atoms with E-state index in [4.69, 9.17) is 4.74 Å². The summed E-state index contributed by atoms with van der Waals surface area (Å²) in [6.07, 6.45) is 3.57. The largest absolute Gasteiger partial charge is 0.439 e. The third-order valence-corrected chi connectivity index (χ3v) is 3.10. The molecule has 1 heterocycles. The van der Waals surface area contributed by atoms with Gasteiger partial charge in [0.1, 0.15) is 17.9 Å². The predicted molar refractivity (Wildman–Crippen MR) is 81.4 cm³/mol. The molecule has 20 heavy (non-hydrogen) atoms. The van der Waals surface area contributed by atoms with Crippen LogP contribution in [-0.2, 0) is 6.42 Å². The molecule has 2 rings (SSSR count). The summed E-state index contributed by atoms with van der Waals surface area (Å²) >= 11 is 0. The number of rotatable bonds is 6. The quantitative estimate of drug-likeness (QED) is 0.863. The summed E-state index contributed by atoms with van der Waals surface area (Å²) in [7, 11) is 0. The molecule has 0 radical (unpaired) electrons. The van der Waals surface area contributed by atoms with Crippen LogP contribution in [0.15, 0.2) is 30.6 Å². The predicted octanol–water partition coefficient (Wildman–Crippen LogP) is 3.96.